The lowest BCUT2D eigenvalue weighted by molar-refractivity contribution is -0.275. The summed E-state index contributed by atoms with van der Waals surface area (Å²) in [5.41, 5.74) is 0.989. The Morgan fingerprint density at radius 2 is 1.60 bits per heavy atom. The quantitative estimate of drug-likeness (QED) is 0.353. The number of fused-ring (bicyclic) bond motifs is 1. The van der Waals surface area contributed by atoms with Gasteiger partial charge >= 0.3 is 13.0 Å². The second-order valence-corrected chi connectivity index (χ2v) is 9.14. The van der Waals surface area contributed by atoms with Gasteiger partial charge in [0.05, 0.1) is 0 Å². The summed E-state index contributed by atoms with van der Waals surface area (Å²) in [6, 6.07) is 4.52. The number of halogens is 7. The van der Waals surface area contributed by atoms with E-state index in [-0.39, 0.29) is 34.6 Å². The summed E-state index contributed by atoms with van der Waals surface area (Å²) < 4.78 is 102. The highest BCUT2D eigenvalue weighted by Gasteiger charge is 2.34. The zero-order chi connectivity index (χ0) is 25.3. The fourth-order valence-corrected chi connectivity index (χ4v) is 5.23. The molecule has 2 aliphatic rings. The van der Waals surface area contributed by atoms with E-state index in [2.05, 4.69) is 16.4 Å². The molecule has 1 saturated carbocycles. The zero-order valence-electron chi connectivity index (χ0n) is 19.0. The molecule has 0 saturated heterocycles. The average Bonchev–Trinajstić information content (AvgIpc) is 3.14. The van der Waals surface area contributed by atoms with Crippen LogP contribution in [0.1, 0.15) is 73.6 Å². The van der Waals surface area contributed by atoms with Gasteiger partial charge in [0.1, 0.15) is 11.6 Å². The molecule has 2 aromatic carbocycles. The van der Waals surface area contributed by atoms with Gasteiger partial charge in [-0.3, -0.25) is 0 Å². The normalized spacial score (nSPS) is 20.1. The van der Waals surface area contributed by atoms with Gasteiger partial charge in [0.15, 0.2) is 11.5 Å². The van der Waals surface area contributed by atoms with Crippen LogP contribution >= 0.6 is 0 Å². The molecule has 2 aromatic rings. The van der Waals surface area contributed by atoms with E-state index >= 15 is 8.78 Å². The summed E-state index contributed by atoms with van der Waals surface area (Å²) in [7, 11) is 0. The smallest absolute Gasteiger partial charge is 0.431 e. The van der Waals surface area contributed by atoms with Crippen molar-refractivity contribution in [3.05, 3.63) is 58.2 Å². The standard InChI is InChI=1S/C26H25F7O2/c1-2-3-14-4-6-15(7-5-14)18-10-20(27)24(21(28)11-18)19-8-16-12-22(34-25(29)30)23(13-17(16)9-19)35-26(31,32)33/h8,10-15,25H,2-7,9H2,1H3. The van der Waals surface area contributed by atoms with Crippen molar-refractivity contribution < 1.29 is 40.2 Å². The maximum Gasteiger partial charge on any atom is 0.573 e. The molecule has 1 fully saturated rings. The molecule has 0 heterocycles. The van der Waals surface area contributed by atoms with Crippen molar-refractivity contribution in [2.45, 2.75) is 70.8 Å². The van der Waals surface area contributed by atoms with Gasteiger partial charge in [0.2, 0.25) is 0 Å². The van der Waals surface area contributed by atoms with Crippen LogP contribution in [0.4, 0.5) is 30.7 Å². The van der Waals surface area contributed by atoms with Crippen molar-refractivity contribution in [2.24, 2.45) is 5.92 Å². The topological polar surface area (TPSA) is 18.5 Å². The zero-order valence-corrected chi connectivity index (χ0v) is 19.0. The Labute approximate surface area is 198 Å². The highest BCUT2D eigenvalue weighted by Crippen LogP contribution is 2.43. The summed E-state index contributed by atoms with van der Waals surface area (Å²) in [5.74, 6) is -2.55. The van der Waals surface area contributed by atoms with E-state index < -0.39 is 36.1 Å². The third-order valence-corrected chi connectivity index (χ3v) is 6.76. The van der Waals surface area contributed by atoms with Crippen LogP contribution in [0.2, 0.25) is 0 Å². The van der Waals surface area contributed by atoms with E-state index in [9.17, 15) is 22.0 Å². The summed E-state index contributed by atoms with van der Waals surface area (Å²) >= 11 is 0. The molecule has 0 unspecified atom stereocenters. The van der Waals surface area contributed by atoms with Crippen LogP contribution in [0, 0.1) is 17.6 Å². The van der Waals surface area contributed by atoms with E-state index in [1.54, 1.807) is 0 Å². The van der Waals surface area contributed by atoms with Gasteiger partial charge in [-0.15, -0.1) is 13.2 Å². The first kappa shape index (κ1) is 25.4. The summed E-state index contributed by atoms with van der Waals surface area (Å²) in [6.07, 6.45) is 2.19. The van der Waals surface area contributed by atoms with Gasteiger partial charge in [-0.1, -0.05) is 25.8 Å². The molecule has 2 aliphatic carbocycles. The van der Waals surface area contributed by atoms with Crippen LogP contribution in [0.25, 0.3) is 11.6 Å². The molecule has 4 rings (SSSR count). The second-order valence-electron chi connectivity index (χ2n) is 9.14. The Morgan fingerprint density at radius 3 is 2.17 bits per heavy atom. The summed E-state index contributed by atoms with van der Waals surface area (Å²) in [6.45, 7) is -1.24. The highest BCUT2D eigenvalue weighted by molar-refractivity contribution is 5.89. The van der Waals surface area contributed by atoms with Crippen molar-refractivity contribution in [3.8, 4) is 11.5 Å². The van der Waals surface area contributed by atoms with Gasteiger partial charge in [-0.25, -0.2) is 8.78 Å². The largest absolute Gasteiger partial charge is 0.573 e. The Kier molecular flexibility index (Phi) is 7.33. The number of alkyl halides is 5. The van der Waals surface area contributed by atoms with Gasteiger partial charge in [0, 0.05) is 5.56 Å². The minimum atomic E-state index is -5.13. The molecule has 35 heavy (non-hydrogen) atoms. The maximum atomic E-state index is 15.1. The van der Waals surface area contributed by atoms with Crippen LogP contribution in [-0.2, 0) is 6.42 Å². The molecule has 0 atom stereocenters. The van der Waals surface area contributed by atoms with Crippen molar-refractivity contribution in [1.29, 1.82) is 0 Å². The van der Waals surface area contributed by atoms with E-state index in [0.29, 0.717) is 11.5 Å². The first-order valence-electron chi connectivity index (χ1n) is 11.6. The Balaban J connectivity index is 1.59. The molecule has 9 heteroatoms. The molecule has 0 spiro atoms. The third-order valence-electron chi connectivity index (χ3n) is 6.76. The maximum absolute atomic E-state index is 15.1. The van der Waals surface area contributed by atoms with E-state index in [1.807, 2.05) is 0 Å². The Morgan fingerprint density at radius 1 is 0.943 bits per heavy atom. The van der Waals surface area contributed by atoms with E-state index in [1.165, 1.54) is 18.2 Å². The number of ether oxygens (including phenoxy) is 2. The summed E-state index contributed by atoms with van der Waals surface area (Å²) in [4.78, 5) is 0. The lowest BCUT2D eigenvalue weighted by Crippen LogP contribution is -2.18. The first-order chi connectivity index (χ1) is 16.5. The molecule has 0 bridgehead atoms. The van der Waals surface area contributed by atoms with Crippen molar-refractivity contribution in [3.63, 3.8) is 0 Å². The van der Waals surface area contributed by atoms with Crippen LogP contribution in [0.5, 0.6) is 11.5 Å². The molecule has 2 nitrogen and oxygen atoms in total. The molecular weight excluding hydrogens is 477 g/mol. The van der Waals surface area contributed by atoms with Crippen LogP contribution in [0.3, 0.4) is 0 Å². The Bertz CT molecular complexity index is 1080. The van der Waals surface area contributed by atoms with Gasteiger partial charge in [0.25, 0.3) is 0 Å². The first-order valence-corrected chi connectivity index (χ1v) is 11.6. The minimum absolute atomic E-state index is 0.0760. The third kappa shape index (κ3) is 5.93. The molecule has 0 aromatic heterocycles. The fraction of sp³-hybridized carbons (Fsp3) is 0.462. The SMILES string of the molecule is CCCC1CCC(c2cc(F)c(C3=Cc4cc(OC(F)F)c(OC(F)(F)F)cc4C3)c(F)c2)CC1. The number of hydrogen-bond acceptors (Lipinski definition) is 2. The van der Waals surface area contributed by atoms with Crippen LogP contribution in [-0.4, -0.2) is 13.0 Å². The van der Waals surface area contributed by atoms with Crippen molar-refractivity contribution >= 4 is 11.6 Å². The van der Waals surface area contributed by atoms with Crippen LogP contribution in [0.15, 0.2) is 24.3 Å². The van der Waals surface area contributed by atoms with Gasteiger partial charge < -0.3 is 9.47 Å². The summed E-state index contributed by atoms with van der Waals surface area (Å²) in [5, 5.41) is 0. The number of allylic oxidation sites excluding steroid dienone is 1. The number of benzene rings is 2. The molecule has 0 radical (unpaired) electrons. The Hall–Kier alpha value is -2.71. The predicted octanol–water partition coefficient (Wildman–Crippen LogP) is 8.64. The number of hydrogen-bond donors (Lipinski definition) is 0. The predicted molar refractivity (Wildman–Crippen MR) is 117 cm³/mol. The molecule has 0 amide bonds. The second kappa shape index (κ2) is 10.1. The molecule has 190 valence electrons. The average molecular weight is 502 g/mol. The lowest BCUT2D eigenvalue weighted by atomic mass is 9.77. The van der Waals surface area contributed by atoms with E-state index in [4.69, 9.17) is 0 Å². The van der Waals surface area contributed by atoms with Gasteiger partial charge in [-0.05, 0) is 90.5 Å². The van der Waals surface area contributed by atoms with E-state index in [0.717, 1.165) is 50.7 Å². The molecule has 0 N–H and O–H groups in total. The van der Waals surface area contributed by atoms with Crippen molar-refractivity contribution in [2.75, 3.05) is 0 Å². The highest BCUT2D eigenvalue weighted by atomic mass is 19.4. The fourth-order valence-electron chi connectivity index (χ4n) is 5.23. The number of rotatable bonds is 7. The van der Waals surface area contributed by atoms with Crippen molar-refractivity contribution in [1.82, 2.24) is 0 Å². The minimum Gasteiger partial charge on any atom is -0.431 e. The van der Waals surface area contributed by atoms with Gasteiger partial charge in [-0.2, -0.15) is 8.78 Å². The monoisotopic (exact) mass is 502 g/mol. The lowest BCUT2D eigenvalue weighted by Gasteiger charge is -2.29. The van der Waals surface area contributed by atoms with Crippen LogP contribution < -0.4 is 9.47 Å². The molecular formula is C26H25F7O2. The molecule has 0 aliphatic heterocycles.